The zero-order chi connectivity index (χ0) is 16.7. The number of methoxy groups -OCH3 is 1. The molecule has 4 heteroatoms. The third-order valence-electron chi connectivity index (χ3n) is 6.21. The molecule has 128 valence electrons. The average molecular weight is 328 g/mol. The molecule has 24 heavy (non-hydrogen) atoms. The van der Waals surface area contributed by atoms with Crippen LogP contribution < -0.4 is 4.74 Å². The van der Waals surface area contributed by atoms with Gasteiger partial charge in [0.1, 0.15) is 5.75 Å². The topological polar surface area (TPSA) is 52.6 Å². The number of rotatable bonds is 5. The van der Waals surface area contributed by atoms with Crippen molar-refractivity contribution in [3.8, 4) is 5.75 Å². The summed E-state index contributed by atoms with van der Waals surface area (Å²) in [7, 11) is 1.54. The number of para-hydroxylation sites is 1. The molecule has 0 aliphatic heterocycles. The molecule has 4 aliphatic carbocycles. The molecule has 0 amide bonds. The Kier molecular flexibility index (Phi) is 3.86. The van der Waals surface area contributed by atoms with E-state index in [0.29, 0.717) is 29.1 Å². The summed E-state index contributed by atoms with van der Waals surface area (Å²) in [6, 6.07) is 7.06. The summed E-state index contributed by atoms with van der Waals surface area (Å²) in [4.78, 5) is 25.2. The normalized spacial score (nSPS) is 33.3. The quantitative estimate of drug-likeness (QED) is 0.612. The fourth-order valence-corrected chi connectivity index (χ4v) is 5.60. The largest absolute Gasteiger partial charge is 0.496 e. The maximum absolute atomic E-state index is 12.8. The van der Waals surface area contributed by atoms with Gasteiger partial charge < -0.3 is 9.47 Å². The van der Waals surface area contributed by atoms with Crippen molar-refractivity contribution in [3.63, 3.8) is 0 Å². The van der Waals surface area contributed by atoms with E-state index in [4.69, 9.17) is 9.47 Å². The van der Waals surface area contributed by atoms with Crippen LogP contribution >= 0.6 is 0 Å². The minimum absolute atomic E-state index is 0.148. The summed E-state index contributed by atoms with van der Waals surface area (Å²) >= 11 is 0. The standard InChI is InChI=1S/C20H24O4/c1-23-18-5-3-2-4-16(18)17(21)12-24-19(22)20-9-13-6-14(10-20)8-15(7-13)11-20/h2-5,13-15H,6-12H2,1H3. The third kappa shape index (κ3) is 2.62. The molecule has 5 rings (SSSR count). The van der Waals surface area contributed by atoms with Gasteiger partial charge >= 0.3 is 5.97 Å². The molecule has 0 spiro atoms. The van der Waals surface area contributed by atoms with Gasteiger partial charge in [0.25, 0.3) is 0 Å². The number of ether oxygens (including phenoxy) is 2. The van der Waals surface area contributed by atoms with E-state index in [2.05, 4.69) is 0 Å². The zero-order valence-corrected chi connectivity index (χ0v) is 14.1. The molecule has 0 unspecified atom stereocenters. The molecule has 0 heterocycles. The first-order valence-electron chi connectivity index (χ1n) is 8.93. The van der Waals surface area contributed by atoms with Crippen molar-refractivity contribution < 1.29 is 19.1 Å². The molecular formula is C20H24O4. The van der Waals surface area contributed by atoms with E-state index < -0.39 is 0 Å². The van der Waals surface area contributed by atoms with Crippen LogP contribution in [0.5, 0.6) is 5.75 Å². The predicted octanol–water partition coefficient (Wildman–Crippen LogP) is 3.64. The second kappa shape index (κ2) is 5.91. The summed E-state index contributed by atoms with van der Waals surface area (Å²) in [5.41, 5.74) is 0.161. The van der Waals surface area contributed by atoms with Crippen LogP contribution in [0.25, 0.3) is 0 Å². The summed E-state index contributed by atoms with van der Waals surface area (Å²) in [6.45, 7) is -0.193. The van der Waals surface area contributed by atoms with Crippen LogP contribution in [0.1, 0.15) is 48.9 Å². The molecule has 4 bridgehead atoms. The predicted molar refractivity (Wildman–Crippen MR) is 88.9 cm³/mol. The summed E-state index contributed by atoms with van der Waals surface area (Å²) < 4.78 is 10.7. The van der Waals surface area contributed by atoms with Crippen molar-refractivity contribution in [3.05, 3.63) is 29.8 Å². The summed E-state index contributed by atoms with van der Waals surface area (Å²) in [5.74, 6) is 2.24. The van der Waals surface area contributed by atoms with Crippen molar-refractivity contribution in [1.29, 1.82) is 0 Å². The summed E-state index contributed by atoms with van der Waals surface area (Å²) in [6.07, 6.45) is 6.73. The van der Waals surface area contributed by atoms with Gasteiger partial charge in [-0.15, -0.1) is 0 Å². The van der Waals surface area contributed by atoms with E-state index in [0.717, 1.165) is 19.3 Å². The van der Waals surface area contributed by atoms with Crippen molar-refractivity contribution in [2.45, 2.75) is 38.5 Å². The molecule has 0 aromatic heterocycles. The highest BCUT2D eigenvalue weighted by Crippen LogP contribution is 2.60. The molecule has 0 atom stereocenters. The monoisotopic (exact) mass is 328 g/mol. The Morgan fingerprint density at radius 1 is 1.04 bits per heavy atom. The Hall–Kier alpha value is -1.84. The van der Waals surface area contributed by atoms with E-state index in [9.17, 15) is 9.59 Å². The molecule has 4 saturated carbocycles. The van der Waals surface area contributed by atoms with E-state index in [1.807, 2.05) is 6.07 Å². The van der Waals surface area contributed by atoms with Crippen LogP contribution in [0.2, 0.25) is 0 Å². The number of ketones is 1. The molecule has 1 aromatic carbocycles. The molecule has 4 fully saturated rings. The second-order valence-corrected chi connectivity index (χ2v) is 7.90. The zero-order valence-electron chi connectivity index (χ0n) is 14.1. The smallest absolute Gasteiger partial charge is 0.312 e. The Labute approximate surface area is 142 Å². The van der Waals surface area contributed by atoms with Crippen molar-refractivity contribution in [2.75, 3.05) is 13.7 Å². The highest BCUT2D eigenvalue weighted by Gasteiger charge is 2.55. The van der Waals surface area contributed by atoms with Crippen LogP contribution in [0.15, 0.2) is 24.3 Å². The van der Waals surface area contributed by atoms with Gasteiger partial charge in [0, 0.05) is 0 Å². The second-order valence-electron chi connectivity index (χ2n) is 7.90. The number of hydrogen-bond donors (Lipinski definition) is 0. The Balaban J connectivity index is 1.43. The lowest BCUT2D eigenvalue weighted by molar-refractivity contribution is -0.170. The Bertz CT molecular complexity index is 628. The van der Waals surface area contributed by atoms with Crippen LogP contribution in [0, 0.1) is 23.2 Å². The average Bonchev–Trinajstić information content (AvgIpc) is 2.58. The van der Waals surface area contributed by atoms with Gasteiger partial charge in [0.15, 0.2) is 6.61 Å². The molecule has 0 N–H and O–H groups in total. The van der Waals surface area contributed by atoms with Crippen molar-refractivity contribution in [1.82, 2.24) is 0 Å². The van der Waals surface area contributed by atoms with Gasteiger partial charge in [-0.05, 0) is 68.4 Å². The van der Waals surface area contributed by atoms with Gasteiger partial charge in [-0.3, -0.25) is 9.59 Å². The fraction of sp³-hybridized carbons (Fsp3) is 0.600. The third-order valence-corrected chi connectivity index (χ3v) is 6.21. The van der Waals surface area contributed by atoms with E-state index in [1.165, 1.54) is 26.4 Å². The number of esters is 1. The van der Waals surface area contributed by atoms with Gasteiger partial charge in [-0.2, -0.15) is 0 Å². The van der Waals surface area contributed by atoms with Gasteiger partial charge in [0.2, 0.25) is 5.78 Å². The lowest BCUT2D eigenvalue weighted by Crippen LogP contribution is -2.50. The lowest BCUT2D eigenvalue weighted by Gasteiger charge is -2.55. The fourth-order valence-electron chi connectivity index (χ4n) is 5.60. The highest BCUT2D eigenvalue weighted by molar-refractivity contribution is 6.00. The number of carbonyl (C=O) groups is 2. The molecule has 0 saturated heterocycles. The van der Waals surface area contributed by atoms with E-state index >= 15 is 0 Å². The molecule has 4 aliphatic rings. The van der Waals surface area contributed by atoms with Crippen LogP contribution in [-0.2, 0) is 9.53 Å². The SMILES string of the molecule is COc1ccccc1C(=O)COC(=O)C12CC3CC(CC(C3)C1)C2. The Morgan fingerprint density at radius 3 is 2.21 bits per heavy atom. The maximum atomic E-state index is 12.8. The first-order chi connectivity index (χ1) is 11.6. The molecule has 0 radical (unpaired) electrons. The van der Waals surface area contributed by atoms with Crippen LogP contribution in [0.4, 0.5) is 0 Å². The van der Waals surface area contributed by atoms with E-state index in [-0.39, 0.29) is 23.8 Å². The first-order valence-corrected chi connectivity index (χ1v) is 8.93. The highest BCUT2D eigenvalue weighted by atomic mass is 16.5. The van der Waals surface area contributed by atoms with E-state index in [1.54, 1.807) is 18.2 Å². The van der Waals surface area contributed by atoms with Gasteiger partial charge in [-0.1, -0.05) is 12.1 Å². The molecule has 1 aromatic rings. The maximum Gasteiger partial charge on any atom is 0.312 e. The number of carbonyl (C=O) groups excluding carboxylic acids is 2. The van der Waals surface area contributed by atoms with Crippen LogP contribution in [0.3, 0.4) is 0 Å². The number of Topliss-reactive ketones (excluding diaryl/α,β-unsaturated/α-hetero) is 1. The molecular weight excluding hydrogens is 304 g/mol. The Morgan fingerprint density at radius 2 is 1.62 bits per heavy atom. The minimum atomic E-state index is -0.310. The number of benzene rings is 1. The summed E-state index contributed by atoms with van der Waals surface area (Å²) in [5, 5.41) is 0. The van der Waals surface area contributed by atoms with Gasteiger partial charge in [0.05, 0.1) is 18.1 Å². The van der Waals surface area contributed by atoms with Crippen molar-refractivity contribution in [2.24, 2.45) is 23.2 Å². The van der Waals surface area contributed by atoms with Gasteiger partial charge in [-0.25, -0.2) is 0 Å². The van der Waals surface area contributed by atoms with Crippen molar-refractivity contribution >= 4 is 11.8 Å². The minimum Gasteiger partial charge on any atom is -0.496 e. The number of hydrogen-bond acceptors (Lipinski definition) is 4. The lowest BCUT2D eigenvalue weighted by atomic mass is 9.49. The first kappa shape index (κ1) is 15.7. The van der Waals surface area contributed by atoms with Crippen LogP contribution in [-0.4, -0.2) is 25.5 Å². The molecule has 4 nitrogen and oxygen atoms in total.